The smallest absolute Gasteiger partial charge is 0.340 e. The monoisotopic (exact) mass is 490 g/mol. The van der Waals surface area contributed by atoms with Gasteiger partial charge in [-0.05, 0) is 43.5 Å². The number of carboxylic acid groups (broad SMARTS) is 1. The maximum Gasteiger partial charge on any atom is 0.340 e. The maximum absolute atomic E-state index is 13.0. The molecule has 2 aromatic heterocycles. The number of carbonyl (C=O) groups is 3. The summed E-state index contributed by atoms with van der Waals surface area (Å²) in [7, 11) is 0. The van der Waals surface area contributed by atoms with E-state index in [0.29, 0.717) is 22.1 Å². The molecule has 36 heavy (non-hydrogen) atoms. The van der Waals surface area contributed by atoms with Crippen LogP contribution < -0.4 is 16.3 Å². The first-order chi connectivity index (χ1) is 17.1. The molecule has 2 heterocycles. The summed E-state index contributed by atoms with van der Waals surface area (Å²) >= 11 is 0. The summed E-state index contributed by atoms with van der Waals surface area (Å²) in [5.74, 6) is -1.63. The number of carboxylic acids is 1. The number of hydrogen-bond donors (Lipinski definition) is 3. The Kier molecular flexibility index (Phi) is 6.91. The highest BCUT2D eigenvalue weighted by Crippen LogP contribution is 2.31. The lowest BCUT2D eigenvalue weighted by Crippen LogP contribution is -2.49. The van der Waals surface area contributed by atoms with Gasteiger partial charge >= 0.3 is 11.6 Å². The fourth-order valence-corrected chi connectivity index (χ4v) is 4.18. The zero-order chi connectivity index (χ0) is 26.0. The first-order valence-electron chi connectivity index (χ1n) is 11.4. The molecule has 1 atom stereocenters. The molecule has 2 amide bonds. The number of aliphatic carboxylic acids is 1. The molecular weight excluding hydrogens is 464 g/mol. The van der Waals surface area contributed by atoms with Crippen molar-refractivity contribution in [3.05, 3.63) is 80.9 Å². The van der Waals surface area contributed by atoms with Crippen LogP contribution in [0.5, 0.6) is 0 Å². The highest BCUT2D eigenvalue weighted by atomic mass is 16.4. The number of carbonyl (C=O) groups excluding carboxylic acids is 2. The third-order valence-corrected chi connectivity index (χ3v) is 6.27. The second-order valence-corrected chi connectivity index (χ2v) is 8.72. The lowest BCUT2D eigenvalue weighted by atomic mass is 10.0. The predicted molar refractivity (Wildman–Crippen MR) is 133 cm³/mol. The van der Waals surface area contributed by atoms with E-state index in [2.05, 4.69) is 10.6 Å². The molecule has 0 unspecified atom stereocenters. The van der Waals surface area contributed by atoms with E-state index in [9.17, 15) is 19.2 Å². The Morgan fingerprint density at radius 3 is 2.31 bits per heavy atom. The lowest BCUT2D eigenvalue weighted by molar-refractivity contribution is -0.138. The fourth-order valence-electron chi connectivity index (χ4n) is 4.18. The van der Waals surface area contributed by atoms with Gasteiger partial charge in [0, 0.05) is 23.3 Å². The lowest BCUT2D eigenvalue weighted by Gasteiger charge is -2.18. The zero-order valence-electron chi connectivity index (χ0n) is 20.1. The van der Waals surface area contributed by atoms with Gasteiger partial charge in [0.2, 0.25) is 11.8 Å². The van der Waals surface area contributed by atoms with E-state index in [4.69, 9.17) is 13.9 Å². The molecule has 4 rings (SSSR count). The van der Waals surface area contributed by atoms with Crippen LogP contribution in [0.2, 0.25) is 0 Å². The van der Waals surface area contributed by atoms with Crippen LogP contribution in [0.1, 0.15) is 28.0 Å². The van der Waals surface area contributed by atoms with Crippen molar-refractivity contribution in [1.29, 1.82) is 0 Å². The number of benzene rings is 2. The van der Waals surface area contributed by atoms with Crippen LogP contribution in [0.4, 0.5) is 0 Å². The van der Waals surface area contributed by atoms with E-state index in [-0.39, 0.29) is 18.4 Å². The van der Waals surface area contributed by atoms with Crippen molar-refractivity contribution >= 4 is 39.7 Å². The summed E-state index contributed by atoms with van der Waals surface area (Å²) in [6.07, 6.45) is -0.149. The molecule has 9 nitrogen and oxygen atoms in total. The molecule has 0 radical (unpaired) electrons. The van der Waals surface area contributed by atoms with E-state index in [0.717, 1.165) is 22.3 Å². The van der Waals surface area contributed by atoms with Crippen molar-refractivity contribution in [2.45, 2.75) is 39.7 Å². The van der Waals surface area contributed by atoms with Gasteiger partial charge in [-0.25, -0.2) is 4.79 Å². The highest BCUT2D eigenvalue weighted by molar-refractivity contribution is 5.97. The number of hydrogen-bond acceptors (Lipinski definition) is 6. The Bertz CT molecular complexity index is 1530. The Hall–Kier alpha value is -4.40. The van der Waals surface area contributed by atoms with Crippen molar-refractivity contribution in [2.24, 2.45) is 0 Å². The second kappa shape index (κ2) is 10.1. The highest BCUT2D eigenvalue weighted by Gasteiger charge is 2.24. The van der Waals surface area contributed by atoms with Crippen molar-refractivity contribution in [3.8, 4) is 0 Å². The molecule has 4 aromatic rings. The number of fused-ring (bicyclic) bond motifs is 2. The molecule has 0 fully saturated rings. The molecule has 0 saturated heterocycles. The van der Waals surface area contributed by atoms with E-state index < -0.39 is 36.0 Å². The van der Waals surface area contributed by atoms with E-state index >= 15 is 0 Å². The molecule has 0 aliphatic carbocycles. The number of nitrogens with one attached hydrogen (secondary N) is 2. The Morgan fingerprint density at radius 2 is 1.61 bits per heavy atom. The summed E-state index contributed by atoms with van der Waals surface area (Å²) in [5, 5.41) is 15.4. The van der Waals surface area contributed by atoms with E-state index in [1.54, 1.807) is 37.3 Å². The number of amides is 2. The molecule has 0 aliphatic rings. The quantitative estimate of drug-likeness (QED) is 0.323. The summed E-state index contributed by atoms with van der Waals surface area (Å²) < 4.78 is 11.2. The van der Waals surface area contributed by atoms with Crippen molar-refractivity contribution in [3.63, 3.8) is 0 Å². The van der Waals surface area contributed by atoms with Gasteiger partial charge in [-0.15, -0.1) is 0 Å². The molecule has 186 valence electrons. The summed E-state index contributed by atoms with van der Waals surface area (Å²) in [6.45, 7) is 4.97. The van der Waals surface area contributed by atoms with Gasteiger partial charge in [0.1, 0.15) is 29.5 Å². The molecule has 3 N–H and O–H groups in total. The van der Waals surface area contributed by atoms with Crippen LogP contribution in [0.15, 0.2) is 56.1 Å². The molecule has 0 saturated carbocycles. The molecule has 2 aromatic carbocycles. The minimum absolute atomic E-state index is 0.153. The summed E-state index contributed by atoms with van der Waals surface area (Å²) in [6, 6.07) is 11.5. The van der Waals surface area contributed by atoms with Crippen molar-refractivity contribution in [2.75, 3.05) is 6.54 Å². The van der Waals surface area contributed by atoms with Crippen LogP contribution >= 0.6 is 0 Å². The average Bonchev–Trinajstić information content (AvgIpc) is 3.11. The standard InChI is InChI=1S/C27H26N2O7/c1-14-16(3)35-22-12-23-19(10-18(14)22)15(2)20(27(34)36-23)11-24(30)29-21(26(33)28-13-25(31)32)9-17-7-5-4-6-8-17/h4-8,10,12,21H,9,11,13H2,1-3H3,(H,28,33)(H,29,30)(H,31,32)/t21-/m0/s1. The molecule has 9 heteroatoms. The minimum Gasteiger partial charge on any atom is -0.480 e. The zero-order valence-corrected chi connectivity index (χ0v) is 20.1. The van der Waals surface area contributed by atoms with Crippen LogP contribution in [0.25, 0.3) is 21.9 Å². The molecule has 0 spiro atoms. The van der Waals surface area contributed by atoms with Crippen molar-refractivity contribution in [1.82, 2.24) is 10.6 Å². The first-order valence-corrected chi connectivity index (χ1v) is 11.4. The van der Waals surface area contributed by atoms with Gasteiger partial charge in [0.05, 0.1) is 12.0 Å². The number of furan rings is 1. The van der Waals surface area contributed by atoms with Crippen molar-refractivity contribution < 1.29 is 28.3 Å². The van der Waals surface area contributed by atoms with Gasteiger partial charge < -0.3 is 24.6 Å². The molecule has 0 bridgehead atoms. The predicted octanol–water partition coefficient (Wildman–Crippen LogP) is 2.94. The normalized spacial score (nSPS) is 12.0. The van der Waals surface area contributed by atoms with Crippen LogP contribution in [-0.4, -0.2) is 35.5 Å². The van der Waals surface area contributed by atoms with Crippen LogP contribution in [0.3, 0.4) is 0 Å². The fraction of sp³-hybridized carbons (Fsp3) is 0.259. The Balaban J connectivity index is 1.61. The molecule has 0 aliphatic heterocycles. The summed E-state index contributed by atoms with van der Waals surface area (Å²) in [4.78, 5) is 49.2. The summed E-state index contributed by atoms with van der Waals surface area (Å²) in [5.41, 5.74) is 2.87. The van der Waals surface area contributed by atoms with E-state index in [1.165, 1.54) is 0 Å². The Labute approximate surface area is 206 Å². The van der Waals surface area contributed by atoms with Crippen LogP contribution in [-0.2, 0) is 27.2 Å². The largest absolute Gasteiger partial charge is 0.480 e. The third kappa shape index (κ3) is 5.14. The second-order valence-electron chi connectivity index (χ2n) is 8.72. The average molecular weight is 491 g/mol. The number of rotatable bonds is 8. The first kappa shape index (κ1) is 24.7. The SMILES string of the molecule is Cc1oc2cc3oc(=O)c(CC(=O)N[C@@H](Cc4ccccc4)C(=O)NCC(=O)O)c(C)c3cc2c1C. The van der Waals surface area contributed by atoms with Gasteiger partial charge in [0.25, 0.3) is 0 Å². The van der Waals surface area contributed by atoms with Gasteiger partial charge in [-0.1, -0.05) is 30.3 Å². The topological polar surface area (TPSA) is 139 Å². The van der Waals surface area contributed by atoms with Gasteiger partial charge in [-0.3, -0.25) is 14.4 Å². The third-order valence-electron chi connectivity index (χ3n) is 6.27. The maximum atomic E-state index is 13.0. The van der Waals surface area contributed by atoms with Gasteiger partial charge in [0.15, 0.2) is 0 Å². The van der Waals surface area contributed by atoms with E-state index in [1.807, 2.05) is 26.0 Å². The number of aryl methyl sites for hydroxylation is 3. The van der Waals surface area contributed by atoms with Crippen LogP contribution in [0, 0.1) is 20.8 Å². The molecular formula is C27H26N2O7. The Morgan fingerprint density at radius 1 is 0.944 bits per heavy atom. The minimum atomic E-state index is -1.20. The van der Waals surface area contributed by atoms with Gasteiger partial charge in [-0.2, -0.15) is 0 Å².